The lowest BCUT2D eigenvalue weighted by molar-refractivity contribution is 0.348. The topological polar surface area (TPSA) is 111 Å². The van der Waals surface area contributed by atoms with Gasteiger partial charge in [0.1, 0.15) is 5.82 Å². The van der Waals surface area contributed by atoms with E-state index in [1.165, 1.54) is 12.1 Å². The van der Waals surface area contributed by atoms with Gasteiger partial charge in [-0.3, -0.25) is 0 Å². The Balaban J connectivity index is 1.58. The maximum absolute atomic E-state index is 12.9. The van der Waals surface area contributed by atoms with Gasteiger partial charge in [-0.1, -0.05) is 18.0 Å². The van der Waals surface area contributed by atoms with Crippen molar-refractivity contribution in [1.82, 2.24) is 14.9 Å². The molecule has 1 saturated carbocycles. The molecule has 0 saturated heterocycles. The van der Waals surface area contributed by atoms with E-state index < -0.39 is 21.4 Å². The number of nitrogens with one attached hydrogen (secondary N) is 1. The highest BCUT2D eigenvalue weighted by Gasteiger charge is 2.35. The summed E-state index contributed by atoms with van der Waals surface area (Å²) in [5.74, 6) is 0.329. The molecule has 24 heavy (non-hydrogen) atoms. The predicted octanol–water partition coefficient (Wildman–Crippen LogP) is 1.46. The van der Waals surface area contributed by atoms with Crippen molar-refractivity contribution in [3.8, 4) is 0 Å². The summed E-state index contributed by atoms with van der Waals surface area (Å²) in [6.07, 6.45) is 3.98. The summed E-state index contributed by atoms with van der Waals surface area (Å²) >= 11 is 0. The van der Waals surface area contributed by atoms with Crippen molar-refractivity contribution < 1.29 is 17.3 Å². The molecule has 2 aromatic rings. The first-order valence-electron chi connectivity index (χ1n) is 7.76. The molecule has 0 bridgehead atoms. The summed E-state index contributed by atoms with van der Waals surface area (Å²) in [4.78, 5) is 4.28. The minimum Gasteiger partial charge on any atom is -0.339 e. The number of halogens is 1. The van der Waals surface area contributed by atoms with Crippen molar-refractivity contribution in [3.63, 3.8) is 0 Å². The third-order valence-electron chi connectivity index (χ3n) is 4.16. The standard InChI is InChI=1S/C15H19FN4O3S/c16-11-3-5-12(6-4-11)24(21,22)18-10-7-13-19-14(20-23-13)15(17)8-1-2-9-15/h3-6,18H,1-2,7-10,17H2. The van der Waals surface area contributed by atoms with Gasteiger partial charge in [-0.25, -0.2) is 17.5 Å². The van der Waals surface area contributed by atoms with Gasteiger partial charge in [0.15, 0.2) is 5.82 Å². The normalized spacial score (nSPS) is 17.2. The highest BCUT2D eigenvalue weighted by atomic mass is 32.2. The van der Waals surface area contributed by atoms with Gasteiger partial charge < -0.3 is 10.3 Å². The first kappa shape index (κ1) is 17.0. The summed E-state index contributed by atoms with van der Waals surface area (Å²) in [5, 5.41) is 3.92. The van der Waals surface area contributed by atoms with Crippen LogP contribution in [0.1, 0.15) is 37.4 Å². The van der Waals surface area contributed by atoms with E-state index in [0.717, 1.165) is 37.8 Å². The predicted molar refractivity (Wildman–Crippen MR) is 83.9 cm³/mol. The molecule has 0 aliphatic heterocycles. The average molecular weight is 354 g/mol. The zero-order valence-electron chi connectivity index (χ0n) is 13.0. The maximum atomic E-state index is 12.9. The molecule has 1 aliphatic carbocycles. The van der Waals surface area contributed by atoms with Gasteiger partial charge in [0.2, 0.25) is 15.9 Å². The Bertz CT molecular complexity index is 798. The zero-order chi connectivity index (χ0) is 17.2. The monoisotopic (exact) mass is 354 g/mol. The first-order valence-corrected chi connectivity index (χ1v) is 9.25. The van der Waals surface area contributed by atoms with E-state index in [1.807, 2.05) is 0 Å². The lowest BCUT2D eigenvalue weighted by atomic mass is 9.99. The van der Waals surface area contributed by atoms with Crippen LogP contribution >= 0.6 is 0 Å². The van der Waals surface area contributed by atoms with Crippen molar-refractivity contribution in [1.29, 1.82) is 0 Å². The molecule has 1 aliphatic rings. The third kappa shape index (κ3) is 3.63. The summed E-state index contributed by atoms with van der Waals surface area (Å²) in [6, 6.07) is 4.61. The van der Waals surface area contributed by atoms with Crippen LogP contribution in [0.3, 0.4) is 0 Å². The molecule has 0 amide bonds. The van der Waals surface area contributed by atoms with Crippen molar-refractivity contribution in [2.24, 2.45) is 5.73 Å². The Morgan fingerprint density at radius 1 is 1.25 bits per heavy atom. The molecule has 130 valence electrons. The summed E-state index contributed by atoms with van der Waals surface area (Å²) in [5.41, 5.74) is 5.72. The Kier molecular flexibility index (Phi) is 4.66. The molecule has 7 nitrogen and oxygen atoms in total. The van der Waals surface area contributed by atoms with Crippen LogP contribution in [0.5, 0.6) is 0 Å². The number of sulfonamides is 1. The maximum Gasteiger partial charge on any atom is 0.240 e. The fraction of sp³-hybridized carbons (Fsp3) is 0.467. The van der Waals surface area contributed by atoms with Crippen molar-refractivity contribution in [2.75, 3.05) is 6.54 Å². The van der Waals surface area contributed by atoms with E-state index in [4.69, 9.17) is 10.3 Å². The van der Waals surface area contributed by atoms with Crippen LogP contribution < -0.4 is 10.5 Å². The molecule has 0 radical (unpaired) electrons. The molecular formula is C15H19FN4O3S. The smallest absolute Gasteiger partial charge is 0.240 e. The quantitative estimate of drug-likeness (QED) is 0.812. The Labute approximate surface area is 139 Å². The lowest BCUT2D eigenvalue weighted by Gasteiger charge is -2.17. The second-order valence-electron chi connectivity index (χ2n) is 5.98. The molecule has 3 rings (SSSR count). The Hall–Kier alpha value is -1.84. The number of rotatable bonds is 6. The van der Waals surface area contributed by atoms with Crippen LogP contribution in [-0.2, 0) is 22.0 Å². The fourth-order valence-corrected chi connectivity index (χ4v) is 3.81. The number of hydrogen-bond acceptors (Lipinski definition) is 6. The van der Waals surface area contributed by atoms with Crippen LogP contribution in [0.4, 0.5) is 4.39 Å². The highest BCUT2D eigenvalue weighted by molar-refractivity contribution is 7.89. The minimum absolute atomic E-state index is 0.00184. The van der Waals surface area contributed by atoms with Crippen molar-refractivity contribution >= 4 is 10.0 Å². The second kappa shape index (κ2) is 6.58. The van der Waals surface area contributed by atoms with Gasteiger partial charge in [-0.2, -0.15) is 4.98 Å². The molecule has 0 atom stereocenters. The number of hydrogen-bond donors (Lipinski definition) is 2. The molecule has 1 fully saturated rings. The number of benzene rings is 1. The van der Waals surface area contributed by atoms with Gasteiger partial charge >= 0.3 is 0 Å². The van der Waals surface area contributed by atoms with E-state index >= 15 is 0 Å². The van der Waals surface area contributed by atoms with E-state index in [9.17, 15) is 12.8 Å². The number of nitrogens with two attached hydrogens (primary N) is 1. The third-order valence-corrected chi connectivity index (χ3v) is 5.64. The molecule has 1 aromatic heterocycles. The van der Waals surface area contributed by atoms with E-state index in [1.54, 1.807) is 0 Å². The van der Waals surface area contributed by atoms with E-state index in [-0.39, 0.29) is 17.9 Å². The largest absolute Gasteiger partial charge is 0.339 e. The SMILES string of the molecule is NC1(c2noc(CCNS(=O)(=O)c3ccc(F)cc3)n2)CCCC1. The van der Waals surface area contributed by atoms with Gasteiger partial charge in [-0.05, 0) is 37.1 Å². The lowest BCUT2D eigenvalue weighted by Crippen LogP contribution is -2.34. The van der Waals surface area contributed by atoms with E-state index in [0.29, 0.717) is 11.7 Å². The fourth-order valence-electron chi connectivity index (χ4n) is 2.78. The van der Waals surface area contributed by atoms with Crippen molar-refractivity contribution in [3.05, 3.63) is 41.8 Å². The Morgan fingerprint density at radius 3 is 2.58 bits per heavy atom. The van der Waals surface area contributed by atoms with Crippen LogP contribution in [0, 0.1) is 5.82 Å². The molecule has 0 spiro atoms. The molecule has 1 aromatic carbocycles. The van der Waals surface area contributed by atoms with Crippen molar-refractivity contribution in [2.45, 2.75) is 42.5 Å². The van der Waals surface area contributed by atoms with Crippen LogP contribution in [-0.4, -0.2) is 25.1 Å². The Morgan fingerprint density at radius 2 is 1.92 bits per heavy atom. The minimum atomic E-state index is -3.70. The summed E-state index contributed by atoms with van der Waals surface area (Å²) in [7, 11) is -3.70. The van der Waals surface area contributed by atoms with Gasteiger partial charge in [0, 0.05) is 13.0 Å². The van der Waals surface area contributed by atoms with Crippen LogP contribution in [0.15, 0.2) is 33.7 Å². The number of nitrogens with zero attached hydrogens (tertiary/aromatic N) is 2. The van der Waals surface area contributed by atoms with Gasteiger partial charge in [-0.15, -0.1) is 0 Å². The van der Waals surface area contributed by atoms with E-state index in [2.05, 4.69) is 14.9 Å². The zero-order valence-corrected chi connectivity index (χ0v) is 13.9. The van der Waals surface area contributed by atoms with Gasteiger partial charge in [0.25, 0.3) is 0 Å². The van der Waals surface area contributed by atoms with Gasteiger partial charge in [0.05, 0.1) is 10.4 Å². The highest BCUT2D eigenvalue weighted by Crippen LogP contribution is 2.34. The molecule has 0 unspecified atom stereocenters. The van der Waals surface area contributed by atoms with Crippen LogP contribution in [0.2, 0.25) is 0 Å². The molecular weight excluding hydrogens is 335 g/mol. The molecule has 3 N–H and O–H groups in total. The average Bonchev–Trinajstić information content (AvgIpc) is 3.18. The molecule has 1 heterocycles. The summed E-state index contributed by atoms with van der Waals surface area (Å²) in [6.45, 7) is 0.0961. The molecule has 9 heteroatoms. The summed E-state index contributed by atoms with van der Waals surface area (Å²) < 4.78 is 44.6. The first-order chi connectivity index (χ1) is 11.4. The second-order valence-corrected chi connectivity index (χ2v) is 7.74. The van der Waals surface area contributed by atoms with Crippen LogP contribution in [0.25, 0.3) is 0 Å². The number of aromatic nitrogens is 2.